The number of carbonyl (C=O) groups excluding carboxylic acids is 4. The Hall–Kier alpha value is -3.48. The summed E-state index contributed by atoms with van der Waals surface area (Å²) in [7, 11) is 1.84. The SMILES string of the molecule is CN[C@@H](C)C(=S)N[C@H]1CCS[C@H]2CC(C)(C)[C@@H](C(=O)N[C@H]3c4ccccc4C[C@H]3CC(=O)N3CCN(C(=O)C4Cc5ccccc5C4)CC3)N2C1=O. The quantitative estimate of drug-likeness (QED) is 0.353. The first kappa shape index (κ1) is 36.9. The molecule has 6 atom stereocenters. The van der Waals surface area contributed by atoms with Gasteiger partial charge in [-0.2, -0.15) is 0 Å². The number of piperazine rings is 1. The second-order valence-electron chi connectivity index (χ2n) is 16.0. The Labute approximate surface area is 317 Å². The summed E-state index contributed by atoms with van der Waals surface area (Å²) in [5, 5.41) is 9.73. The first-order valence-electron chi connectivity index (χ1n) is 18.9. The van der Waals surface area contributed by atoms with Crippen molar-refractivity contribution in [1.82, 2.24) is 30.7 Å². The lowest BCUT2D eigenvalue weighted by Crippen LogP contribution is -2.58. The van der Waals surface area contributed by atoms with Crippen molar-refractivity contribution in [1.29, 1.82) is 0 Å². The molecule has 0 saturated carbocycles. The molecule has 0 unspecified atom stereocenters. The van der Waals surface area contributed by atoms with E-state index in [0.29, 0.717) is 50.4 Å². The Balaban J connectivity index is 1.01. The van der Waals surface area contributed by atoms with Crippen molar-refractivity contribution in [2.24, 2.45) is 17.3 Å². The Morgan fingerprint density at radius 2 is 1.56 bits per heavy atom. The summed E-state index contributed by atoms with van der Waals surface area (Å²) in [6.45, 7) is 8.22. The van der Waals surface area contributed by atoms with Gasteiger partial charge in [-0.05, 0) is 85.4 Å². The molecule has 7 rings (SSSR count). The molecule has 2 aromatic rings. The minimum atomic E-state index is -0.655. The smallest absolute Gasteiger partial charge is 0.246 e. The van der Waals surface area contributed by atoms with Crippen LogP contribution >= 0.6 is 24.0 Å². The number of rotatable bonds is 8. The van der Waals surface area contributed by atoms with E-state index in [9.17, 15) is 19.2 Å². The molecule has 10 nitrogen and oxygen atoms in total. The van der Waals surface area contributed by atoms with Crippen LogP contribution in [0.25, 0.3) is 0 Å². The monoisotopic (exact) mass is 744 g/mol. The molecule has 3 heterocycles. The average Bonchev–Trinajstić information content (AvgIpc) is 3.78. The van der Waals surface area contributed by atoms with Gasteiger partial charge in [0.1, 0.15) is 12.1 Å². The average molecular weight is 745 g/mol. The molecule has 3 saturated heterocycles. The van der Waals surface area contributed by atoms with E-state index < -0.39 is 17.5 Å². The molecule has 52 heavy (non-hydrogen) atoms. The van der Waals surface area contributed by atoms with Crippen molar-refractivity contribution >= 4 is 52.6 Å². The number of nitrogens with zero attached hydrogens (tertiary/aromatic N) is 3. The van der Waals surface area contributed by atoms with Crippen LogP contribution in [0.3, 0.4) is 0 Å². The van der Waals surface area contributed by atoms with Gasteiger partial charge >= 0.3 is 0 Å². The van der Waals surface area contributed by atoms with E-state index in [1.165, 1.54) is 11.1 Å². The van der Waals surface area contributed by atoms with E-state index >= 15 is 0 Å². The van der Waals surface area contributed by atoms with Crippen LogP contribution in [-0.2, 0) is 38.4 Å². The number of amides is 4. The number of benzene rings is 2. The Bertz CT molecular complexity index is 1700. The topological polar surface area (TPSA) is 114 Å². The van der Waals surface area contributed by atoms with Crippen molar-refractivity contribution in [3.8, 4) is 0 Å². The van der Waals surface area contributed by atoms with Crippen molar-refractivity contribution in [2.45, 2.75) is 88.8 Å². The summed E-state index contributed by atoms with van der Waals surface area (Å²) >= 11 is 7.34. The molecule has 2 aromatic carbocycles. The Morgan fingerprint density at radius 1 is 0.923 bits per heavy atom. The third-order valence-electron chi connectivity index (χ3n) is 12.1. The molecule has 0 spiro atoms. The lowest BCUT2D eigenvalue weighted by atomic mass is 9.83. The zero-order valence-electron chi connectivity index (χ0n) is 30.7. The molecule has 0 bridgehead atoms. The highest BCUT2D eigenvalue weighted by atomic mass is 32.2. The molecule has 3 fully saturated rings. The summed E-state index contributed by atoms with van der Waals surface area (Å²) in [5.74, 6) is 0.643. The lowest BCUT2D eigenvalue weighted by Gasteiger charge is -2.37. The van der Waals surface area contributed by atoms with Gasteiger partial charge in [0.25, 0.3) is 0 Å². The highest BCUT2D eigenvalue weighted by Crippen LogP contribution is 2.47. The van der Waals surface area contributed by atoms with Gasteiger partial charge in [-0.3, -0.25) is 19.2 Å². The Kier molecular flexibility index (Phi) is 10.7. The fraction of sp³-hybridized carbons (Fsp3) is 0.575. The van der Waals surface area contributed by atoms with Crippen LogP contribution in [0, 0.1) is 17.3 Å². The number of fused-ring (bicyclic) bond motifs is 3. The van der Waals surface area contributed by atoms with E-state index in [1.54, 1.807) is 11.8 Å². The predicted molar refractivity (Wildman–Crippen MR) is 208 cm³/mol. The van der Waals surface area contributed by atoms with E-state index in [-0.39, 0.29) is 52.9 Å². The van der Waals surface area contributed by atoms with Gasteiger partial charge in [-0.15, -0.1) is 11.8 Å². The van der Waals surface area contributed by atoms with Gasteiger partial charge in [0.15, 0.2) is 0 Å². The van der Waals surface area contributed by atoms with Gasteiger partial charge in [0, 0.05) is 38.5 Å². The minimum absolute atomic E-state index is 0.0222. The summed E-state index contributed by atoms with van der Waals surface area (Å²) in [6.07, 6.45) is 3.92. The molecule has 0 aromatic heterocycles. The number of thiocarbonyl (C=S) groups is 1. The van der Waals surface area contributed by atoms with Crippen molar-refractivity contribution < 1.29 is 19.2 Å². The molecule has 3 aliphatic heterocycles. The van der Waals surface area contributed by atoms with Crippen LogP contribution in [0.5, 0.6) is 0 Å². The minimum Gasteiger partial charge on any atom is -0.367 e. The second kappa shape index (κ2) is 15.1. The molecular weight excluding hydrogens is 693 g/mol. The van der Waals surface area contributed by atoms with Crippen molar-refractivity contribution in [3.63, 3.8) is 0 Å². The third-order valence-corrected chi connectivity index (χ3v) is 13.8. The van der Waals surface area contributed by atoms with E-state index in [2.05, 4.69) is 54.1 Å². The maximum Gasteiger partial charge on any atom is 0.246 e. The van der Waals surface area contributed by atoms with Crippen LogP contribution in [0.4, 0.5) is 0 Å². The predicted octanol–water partition coefficient (Wildman–Crippen LogP) is 3.48. The molecule has 12 heteroatoms. The number of likely N-dealkylation sites (N-methyl/N-ethyl adjacent to an activating group) is 1. The highest BCUT2D eigenvalue weighted by molar-refractivity contribution is 7.99. The molecule has 3 N–H and O–H groups in total. The normalized spacial score (nSPS) is 27.3. The van der Waals surface area contributed by atoms with Gasteiger partial charge in [0.2, 0.25) is 23.6 Å². The van der Waals surface area contributed by atoms with Crippen molar-refractivity contribution in [3.05, 3.63) is 70.8 Å². The van der Waals surface area contributed by atoms with Crippen LogP contribution in [0.1, 0.15) is 68.3 Å². The van der Waals surface area contributed by atoms with Crippen LogP contribution < -0.4 is 16.0 Å². The highest BCUT2D eigenvalue weighted by Gasteiger charge is 2.55. The summed E-state index contributed by atoms with van der Waals surface area (Å²) in [5.41, 5.74) is 4.27. The van der Waals surface area contributed by atoms with Gasteiger partial charge in [-0.25, -0.2) is 0 Å². The van der Waals surface area contributed by atoms with Crippen LogP contribution in [-0.4, -0.2) is 106 Å². The van der Waals surface area contributed by atoms with Gasteiger partial charge < -0.3 is 30.7 Å². The zero-order valence-corrected chi connectivity index (χ0v) is 32.4. The summed E-state index contributed by atoms with van der Waals surface area (Å²) in [4.78, 5) is 62.3. The van der Waals surface area contributed by atoms with E-state index in [0.717, 1.165) is 36.1 Å². The number of carbonyl (C=O) groups is 4. The standard InChI is InChI=1S/C40H52N6O4S2/c1-24(41-4)37(51)42-31-13-18-52-33-23-40(2,3)35(46(33)39(31)50)36(48)43-34-28(21-27-11-7-8-12-30(27)34)22-32(47)44-14-16-45(17-15-44)38(49)29-19-25-9-5-6-10-26(25)20-29/h5-12,24,28-29,31,33-35,41H,13-23H2,1-4H3,(H,42,51)(H,43,48)/t24-,28-,31-,33-,34+,35+/m0/s1. The molecule has 2 aliphatic carbocycles. The molecule has 0 radical (unpaired) electrons. The first-order chi connectivity index (χ1) is 24.9. The number of hydrogen-bond acceptors (Lipinski definition) is 7. The van der Waals surface area contributed by atoms with E-state index in [1.807, 2.05) is 52.9 Å². The third kappa shape index (κ3) is 7.22. The van der Waals surface area contributed by atoms with Gasteiger partial charge in [-0.1, -0.05) is 74.6 Å². The fourth-order valence-electron chi connectivity index (χ4n) is 9.10. The molecule has 5 aliphatic rings. The van der Waals surface area contributed by atoms with Crippen LogP contribution in [0.2, 0.25) is 0 Å². The molecule has 4 amide bonds. The zero-order chi connectivity index (χ0) is 36.7. The van der Waals surface area contributed by atoms with Crippen LogP contribution in [0.15, 0.2) is 48.5 Å². The summed E-state index contributed by atoms with van der Waals surface area (Å²) < 4.78 is 0. The largest absolute Gasteiger partial charge is 0.367 e. The van der Waals surface area contributed by atoms with Crippen molar-refractivity contribution in [2.75, 3.05) is 39.0 Å². The fourth-order valence-corrected chi connectivity index (χ4v) is 10.9. The maximum absolute atomic E-state index is 14.5. The first-order valence-corrected chi connectivity index (χ1v) is 20.3. The number of nitrogens with one attached hydrogen (secondary N) is 3. The summed E-state index contributed by atoms with van der Waals surface area (Å²) in [6, 6.07) is 14.9. The Morgan fingerprint density at radius 3 is 2.23 bits per heavy atom. The number of thioether (sulfide) groups is 1. The maximum atomic E-state index is 14.5. The second-order valence-corrected chi connectivity index (χ2v) is 17.7. The van der Waals surface area contributed by atoms with Gasteiger partial charge in [0.05, 0.1) is 22.4 Å². The lowest BCUT2D eigenvalue weighted by molar-refractivity contribution is -0.143. The molecule has 278 valence electrons. The molecular formula is C40H52N6O4S2. The van der Waals surface area contributed by atoms with E-state index in [4.69, 9.17) is 12.2 Å². The number of hydrogen-bond donors (Lipinski definition) is 3.